The SMILES string of the molecule is O=c1c2ccccc2[nH]c(=S)n1-c1ccc(Cl)cc1Br. The molecule has 3 aromatic rings. The predicted octanol–water partition coefficient (Wildman–Crippen LogP) is 4.46. The maximum Gasteiger partial charge on any atom is 0.266 e. The number of nitrogens with one attached hydrogen (secondary N) is 1. The summed E-state index contributed by atoms with van der Waals surface area (Å²) in [5, 5.41) is 1.17. The van der Waals surface area contributed by atoms with E-state index in [1.165, 1.54) is 4.57 Å². The minimum atomic E-state index is -0.160. The monoisotopic (exact) mass is 366 g/mol. The number of rotatable bonds is 1. The van der Waals surface area contributed by atoms with Crippen molar-refractivity contribution in [1.29, 1.82) is 0 Å². The average molecular weight is 368 g/mol. The summed E-state index contributed by atoms with van der Waals surface area (Å²) in [4.78, 5) is 15.7. The van der Waals surface area contributed by atoms with E-state index in [0.717, 1.165) is 5.52 Å². The van der Waals surface area contributed by atoms with Crippen molar-refractivity contribution < 1.29 is 0 Å². The van der Waals surface area contributed by atoms with Crippen molar-refractivity contribution in [3.8, 4) is 5.69 Å². The zero-order valence-corrected chi connectivity index (χ0v) is 13.2. The maximum atomic E-state index is 12.6. The molecule has 0 saturated heterocycles. The Balaban J connectivity index is 2.43. The van der Waals surface area contributed by atoms with Crippen molar-refractivity contribution in [2.45, 2.75) is 0 Å². The van der Waals surface area contributed by atoms with Crippen molar-refractivity contribution in [2.75, 3.05) is 0 Å². The van der Waals surface area contributed by atoms with Crippen molar-refractivity contribution >= 4 is 50.7 Å². The van der Waals surface area contributed by atoms with E-state index in [4.69, 9.17) is 23.8 Å². The quantitative estimate of drug-likeness (QED) is 0.645. The fourth-order valence-electron chi connectivity index (χ4n) is 2.04. The summed E-state index contributed by atoms with van der Waals surface area (Å²) in [6.45, 7) is 0. The first-order valence-electron chi connectivity index (χ1n) is 5.77. The Morgan fingerprint density at radius 2 is 1.95 bits per heavy atom. The molecule has 0 spiro atoms. The lowest BCUT2D eigenvalue weighted by atomic mass is 10.2. The molecule has 6 heteroatoms. The number of nitrogens with zero attached hydrogens (tertiary/aromatic N) is 1. The van der Waals surface area contributed by atoms with Crippen molar-refractivity contribution in [3.63, 3.8) is 0 Å². The molecule has 1 aromatic heterocycles. The van der Waals surface area contributed by atoms with Crippen LogP contribution in [0.4, 0.5) is 0 Å². The molecule has 0 amide bonds. The van der Waals surface area contributed by atoms with Crippen LogP contribution in [0.2, 0.25) is 5.02 Å². The molecule has 0 radical (unpaired) electrons. The second-order valence-electron chi connectivity index (χ2n) is 4.21. The molecule has 100 valence electrons. The van der Waals surface area contributed by atoms with E-state index in [1.807, 2.05) is 18.2 Å². The molecule has 20 heavy (non-hydrogen) atoms. The van der Waals surface area contributed by atoms with Gasteiger partial charge in [-0.1, -0.05) is 23.7 Å². The summed E-state index contributed by atoms with van der Waals surface area (Å²) in [6.07, 6.45) is 0. The van der Waals surface area contributed by atoms with E-state index >= 15 is 0 Å². The smallest absolute Gasteiger partial charge is 0.266 e. The third-order valence-corrected chi connectivity index (χ3v) is 4.11. The fourth-order valence-corrected chi connectivity index (χ4v) is 3.20. The van der Waals surface area contributed by atoms with Crippen molar-refractivity contribution in [3.05, 3.63) is 67.1 Å². The highest BCUT2D eigenvalue weighted by Gasteiger charge is 2.10. The van der Waals surface area contributed by atoms with Gasteiger partial charge in [-0.15, -0.1) is 0 Å². The number of halogens is 2. The van der Waals surface area contributed by atoms with Crippen LogP contribution < -0.4 is 5.56 Å². The van der Waals surface area contributed by atoms with E-state index in [0.29, 0.717) is 25.3 Å². The first-order valence-corrected chi connectivity index (χ1v) is 7.35. The van der Waals surface area contributed by atoms with Crippen LogP contribution in [0.5, 0.6) is 0 Å². The zero-order chi connectivity index (χ0) is 14.3. The Morgan fingerprint density at radius 1 is 1.20 bits per heavy atom. The van der Waals surface area contributed by atoms with Gasteiger partial charge in [0.25, 0.3) is 5.56 Å². The normalized spacial score (nSPS) is 10.9. The van der Waals surface area contributed by atoms with Gasteiger partial charge >= 0.3 is 0 Å². The van der Waals surface area contributed by atoms with Crippen LogP contribution in [0.15, 0.2) is 51.7 Å². The predicted molar refractivity (Wildman–Crippen MR) is 87.4 cm³/mol. The molecule has 0 fully saturated rings. The highest BCUT2D eigenvalue weighted by atomic mass is 79.9. The van der Waals surface area contributed by atoms with Gasteiger partial charge in [0.15, 0.2) is 4.77 Å². The molecule has 0 atom stereocenters. The summed E-state index contributed by atoms with van der Waals surface area (Å²) in [7, 11) is 0. The van der Waals surface area contributed by atoms with Crippen molar-refractivity contribution in [2.24, 2.45) is 0 Å². The summed E-state index contributed by atoms with van der Waals surface area (Å²) in [5.41, 5.74) is 1.22. The molecule has 1 heterocycles. The lowest BCUT2D eigenvalue weighted by molar-refractivity contribution is 0.935. The van der Waals surface area contributed by atoms with E-state index in [1.54, 1.807) is 24.3 Å². The first-order chi connectivity index (χ1) is 9.58. The highest BCUT2D eigenvalue weighted by Crippen LogP contribution is 2.24. The number of hydrogen-bond donors (Lipinski definition) is 1. The Hall–Kier alpha value is -1.43. The van der Waals surface area contributed by atoms with E-state index < -0.39 is 0 Å². The average Bonchev–Trinajstić information content (AvgIpc) is 2.41. The van der Waals surface area contributed by atoms with Gasteiger partial charge in [-0.25, -0.2) is 0 Å². The van der Waals surface area contributed by atoms with Crippen LogP contribution in [0.1, 0.15) is 0 Å². The third-order valence-electron chi connectivity index (χ3n) is 2.96. The van der Waals surface area contributed by atoms with E-state index in [-0.39, 0.29) is 5.56 Å². The number of benzene rings is 2. The molecule has 0 aliphatic heterocycles. The molecule has 0 bridgehead atoms. The molecular formula is C14H8BrClN2OS. The van der Waals surface area contributed by atoms with Crippen LogP contribution in [0, 0.1) is 4.77 Å². The minimum Gasteiger partial charge on any atom is -0.331 e. The lowest BCUT2D eigenvalue weighted by Crippen LogP contribution is -2.20. The van der Waals surface area contributed by atoms with E-state index in [2.05, 4.69) is 20.9 Å². The summed E-state index contributed by atoms with van der Waals surface area (Å²) >= 11 is 14.6. The number of aromatic amines is 1. The lowest BCUT2D eigenvalue weighted by Gasteiger charge is -2.10. The van der Waals surface area contributed by atoms with Gasteiger partial charge in [-0.2, -0.15) is 0 Å². The molecular weight excluding hydrogens is 360 g/mol. The fraction of sp³-hybridized carbons (Fsp3) is 0. The summed E-state index contributed by atoms with van der Waals surface area (Å²) < 4.78 is 2.51. The van der Waals surface area contributed by atoms with Gasteiger partial charge in [-0.05, 0) is 58.5 Å². The second kappa shape index (κ2) is 5.16. The summed E-state index contributed by atoms with van der Waals surface area (Å²) in [5.74, 6) is 0. The Morgan fingerprint density at radius 3 is 2.70 bits per heavy atom. The number of aromatic nitrogens is 2. The molecule has 2 aromatic carbocycles. The molecule has 0 saturated carbocycles. The van der Waals surface area contributed by atoms with Gasteiger partial charge in [0, 0.05) is 9.50 Å². The minimum absolute atomic E-state index is 0.160. The molecule has 0 aliphatic carbocycles. The largest absolute Gasteiger partial charge is 0.331 e. The molecule has 0 unspecified atom stereocenters. The molecule has 1 N–H and O–H groups in total. The van der Waals surface area contributed by atoms with Gasteiger partial charge in [0.05, 0.1) is 16.6 Å². The van der Waals surface area contributed by atoms with Gasteiger partial charge in [0.1, 0.15) is 0 Å². The number of fused-ring (bicyclic) bond motifs is 1. The Labute approximate surface area is 133 Å². The van der Waals surface area contributed by atoms with Gasteiger partial charge < -0.3 is 4.98 Å². The van der Waals surface area contributed by atoms with Crippen LogP contribution >= 0.6 is 39.7 Å². The number of hydrogen-bond acceptors (Lipinski definition) is 2. The van der Waals surface area contributed by atoms with Gasteiger partial charge in [-0.3, -0.25) is 9.36 Å². The summed E-state index contributed by atoms with van der Waals surface area (Å²) in [6, 6.07) is 12.5. The van der Waals surface area contributed by atoms with Crippen LogP contribution in [-0.2, 0) is 0 Å². The Kier molecular flexibility index (Phi) is 3.50. The number of para-hydroxylation sites is 1. The van der Waals surface area contributed by atoms with Crippen LogP contribution in [-0.4, -0.2) is 9.55 Å². The van der Waals surface area contributed by atoms with Crippen LogP contribution in [0.3, 0.4) is 0 Å². The standard InChI is InChI=1S/C14H8BrClN2OS/c15-10-7-8(16)5-6-12(10)18-13(19)9-3-1-2-4-11(9)17-14(18)20/h1-7H,(H,17,20). The molecule has 3 nitrogen and oxygen atoms in total. The van der Waals surface area contributed by atoms with E-state index in [9.17, 15) is 4.79 Å². The topological polar surface area (TPSA) is 37.8 Å². The molecule has 3 rings (SSSR count). The van der Waals surface area contributed by atoms with Gasteiger partial charge in [0.2, 0.25) is 0 Å². The first kappa shape index (κ1) is 13.5. The van der Waals surface area contributed by atoms with Crippen LogP contribution in [0.25, 0.3) is 16.6 Å². The van der Waals surface area contributed by atoms with Crippen molar-refractivity contribution in [1.82, 2.24) is 9.55 Å². The third kappa shape index (κ3) is 2.22. The molecule has 0 aliphatic rings. The number of H-pyrrole nitrogens is 1. The highest BCUT2D eigenvalue weighted by molar-refractivity contribution is 9.10. The zero-order valence-electron chi connectivity index (χ0n) is 10.1. The maximum absolute atomic E-state index is 12.6. The second-order valence-corrected chi connectivity index (χ2v) is 5.89. The Bertz CT molecular complexity index is 932.